The van der Waals surface area contributed by atoms with Gasteiger partial charge < -0.3 is 5.73 Å². The van der Waals surface area contributed by atoms with E-state index in [4.69, 9.17) is 18.0 Å². The predicted molar refractivity (Wildman–Crippen MR) is 69.8 cm³/mol. The van der Waals surface area contributed by atoms with E-state index in [1.807, 2.05) is 13.8 Å². The Balaban J connectivity index is 3.16. The third-order valence-electron chi connectivity index (χ3n) is 3.46. The molecule has 1 aliphatic heterocycles. The van der Waals surface area contributed by atoms with E-state index in [2.05, 4.69) is 0 Å². The number of rotatable bonds is 4. The number of nitrogens with two attached hydrogens (primary N) is 1. The van der Waals surface area contributed by atoms with Crippen LogP contribution in [0.15, 0.2) is 0 Å². The third-order valence-corrected chi connectivity index (χ3v) is 5.84. The minimum absolute atomic E-state index is 0.220. The molecule has 1 aliphatic rings. The third kappa shape index (κ3) is 2.24. The smallest absolute Gasteiger partial charge is 0.214 e. The first-order valence-electron chi connectivity index (χ1n) is 5.71. The van der Waals surface area contributed by atoms with E-state index < -0.39 is 15.6 Å². The summed E-state index contributed by atoms with van der Waals surface area (Å²) in [5, 5.41) is 0. The highest BCUT2D eigenvalue weighted by molar-refractivity contribution is 7.89. The van der Waals surface area contributed by atoms with Crippen molar-refractivity contribution in [2.45, 2.75) is 45.1 Å². The monoisotopic (exact) mass is 264 g/mol. The molecule has 1 saturated heterocycles. The van der Waals surface area contributed by atoms with Crippen LogP contribution in [0.25, 0.3) is 0 Å². The molecule has 0 unspecified atom stereocenters. The largest absolute Gasteiger partial charge is 0.392 e. The molecule has 4 nitrogen and oxygen atoms in total. The Labute approximate surface area is 103 Å². The molecule has 0 saturated carbocycles. The summed E-state index contributed by atoms with van der Waals surface area (Å²) < 4.78 is 25.7. The second-order valence-corrected chi connectivity index (χ2v) is 6.65. The van der Waals surface area contributed by atoms with Crippen molar-refractivity contribution in [3.8, 4) is 0 Å². The molecule has 0 aromatic heterocycles. The molecular weight excluding hydrogens is 244 g/mol. The van der Waals surface area contributed by atoms with Crippen molar-refractivity contribution >= 4 is 27.2 Å². The van der Waals surface area contributed by atoms with Crippen LogP contribution in [-0.2, 0) is 10.0 Å². The first-order valence-corrected chi connectivity index (χ1v) is 7.73. The maximum absolute atomic E-state index is 12.1. The lowest BCUT2D eigenvalue weighted by Crippen LogP contribution is -2.60. The summed E-state index contributed by atoms with van der Waals surface area (Å²) in [6.07, 6.45) is 2.90. The summed E-state index contributed by atoms with van der Waals surface area (Å²) in [5.74, 6) is 0.220. The molecule has 0 amide bonds. The Hall–Kier alpha value is -0.200. The molecule has 16 heavy (non-hydrogen) atoms. The lowest BCUT2D eigenvalue weighted by atomic mass is 9.92. The van der Waals surface area contributed by atoms with Gasteiger partial charge in [-0.15, -0.1) is 0 Å². The SMILES string of the molecule is CCC(CC)(C(N)=S)N1CCCCS1(=O)=O. The summed E-state index contributed by atoms with van der Waals surface area (Å²) in [5.41, 5.74) is 5.11. The van der Waals surface area contributed by atoms with Gasteiger partial charge in [0.25, 0.3) is 0 Å². The van der Waals surface area contributed by atoms with Gasteiger partial charge in [-0.3, -0.25) is 0 Å². The summed E-state index contributed by atoms with van der Waals surface area (Å²) in [6, 6.07) is 0. The number of hydrogen-bond acceptors (Lipinski definition) is 3. The fourth-order valence-corrected chi connectivity index (χ4v) is 4.89. The molecule has 94 valence electrons. The summed E-state index contributed by atoms with van der Waals surface area (Å²) in [6.45, 7) is 4.42. The number of thiocarbonyl (C=S) groups is 1. The van der Waals surface area contributed by atoms with E-state index in [0.717, 1.165) is 12.8 Å². The summed E-state index contributed by atoms with van der Waals surface area (Å²) in [4.78, 5) is 0.294. The topological polar surface area (TPSA) is 63.4 Å². The van der Waals surface area contributed by atoms with Crippen molar-refractivity contribution in [2.75, 3.05) is 12.3 Å². The van der Waals surface area contributed by atoms with E-state index in [0.29, 0.717) is 24.4 Å². The minimum Gasteiger partial charge on any atom is -0.392 e. The van der Waals surface area contributed by atoms with Gasteiger partial charge in [-0.05, 0) is 25.7 Å². The Kier molecular flexibility index (Phi) is 4.31. The van der Waals surface area contributed by atoms with E-state index in [9.17, 15) is 8.42 Å². The van der Waals surface area contributed by atoms with E-state index in [1.165, 1.54) is 4.31 Å². The molecule has 0 aliphatic carbocycles. The second-order valence-electron chi connectivity index (χ2n) is 4.20. The predicted octanol–water partition coefficient (Wildman–Crippen LogP) is 1.26. The molecular formula is C10H20N2O2S2. The van der Waals surface area contributed by atoms with Crippen LogP contribution in [0.1, 0.15) is 39.5 Å². The van der Waals surface area contributed by atoms with E-state index >= 15 is 0 Å². The van der Waals surface area contributed by atoms with Crippen LogP contribution < -0.4 is 5.73 Å². The molecule has 1 rings (SSSR count). The maximum atomic E-state index is 12.1. The zero-order valence-corrected chi connectivity index (χ0v) is 11.5. The van der Waals surface area contributed by atoms with Crippen LogP contribution in [0.2, 0.25) is 0 Å². The highest BCUT2D eigenvalue weighted by Crippen LogP contribution is 2.30. The molecule has 1 fully saturated rings. The van der Waals surface area contributed by atoms with Crippen LogP contribution in [0.3, 0.4) is 0 Å². The van der Waals surface area contributed by atoms with Crippen molar-refractivity contribution in [1.29, 1.82) is 0 Å². The fourth-order valence-electron chi connectivity index (χ4n) is 2.34. The first-order chi connectivity index (χ1) is 7.40. The first kappa shape index (κ1) is 13.9. The number of nitrogens with zero attached hydrogens (tertiary/aromatic N) is 1. The van der Waals surface area contributed by atoms with Crippen molar-refractivity contribution in [3.63, 3.8) is 0 Å². The van der Waals surface area contributed by atoms with E-state index in [1.54, 1.807) is 0 Å². The van der Waals surface area contributed by atoms with Gasteiger partial charge in [-0.1, -0.05) is 26.1 Å². The minimum atomic E-state index is -3.18. The zero-order valence-electron chi connectivity index (χ0n) is 9.90. The van der Waals surface area contributed by atoms with Crippen LogP contribution >= 0.6 is 12.2 Å². The van der Waals surface area contributed by atoms with Gasteiger partial charge in [0.15, 0.2) is 0 Å². The average Bonchev–Trinajstić information content (AvgIpc) is 2.22. The lowest BCUT2D eigenvalue weighted by Gasteiger charge is -2.43. The molecule has 0 bridgehead atoms. The normalized spacial score (nSPS) is 21.9. The van der Waals surface area contributed by atoms with Crippen LogP contribution in [-0.4, -0.2) is 35.5 Å². The van der Waals surface area contributed by atoms with Gasteiger partial charge in [-0.2, -0.15) is 4.31 Å². The second kappa shape index (κ2) is 4.98. The van der Waals surface area contributed by atoms with Gasteiger partial charge in [0.1, 0.15) is 0 Å². The van der Waals surface area contributed by atoms with Crippen LogP contribution in [0.4, 0.5) is 0 Å². The standard InChI is InChI=1S/C10H20N2O2S2/c1-3-10(4-2,9(11)15)12-7-5-6-8-16(12,13)14/h3-8H2,1-2H3,(H2,11,15). The van der Waals surface area contributed by atoms with Gasteiger partial charge in [0, 0.05) is 6.54 Å². The van der Waals surface area contributed by atoms with Crippen molar-refractivity contribution in [1.82, 2.24) is 4.31 Å². The fraction of sp³-hybridized carbons (Fsp3) is 0.900. The Morgan fingerprint density at radius 1 is 1.38 bits per heavy atom. The van der Waals surface area contributed by atoms with E-state index in [-0.39, 0.29) is 5.75 Å². The van der Waals surface area contributed by atoms with Crippen molar-refractivity contribution in [2.24, 2.45) is 5.73 Å². The van der Waals surface area contributed by atoms with Crippen LogP contribution in [0.5, 0.6) is 0 Å². The number of sulfonamides is 1. The molecule has 0 atom stereocenters. The zero-order chi connectivity index (χ0) is 12.4. The van der Waals surface area contributed by atoms with Gasteiger partial charge in [0.2, 0.25) is 10.0 Å². The quantitative estimate of drug-likeness (QED) is 0.776. The highest BCUT2D eigenvalue weighted by atomic mass is 32.2. The Morgan fingerprint density at radius 2 is 1.94 bits per heavy atom. The molecule has 2 N–H and O–H groups in total. The van der Waals surface area contributed by atoms with Gasteiger partial charge in [-0.25, -0.2) is 8.42 Å². The van der Waals surface area contributed by atoms with Crippen molar-refractivity contribution in [3.05, 3.63) is 0 Å². The molecule has 6 heteroatoms. The van der Waals surface area contributed by atoms with Crippen LogP contribution in [0, 0.1) is 0 Å². The highest BCUT2D eigenvalue weighted by Gasteiger charge is 2.44. The maximum Gasteiger partial charge on any atom is 0.214 e. The average molecular weight is 264 g/mol. The molecule has 0 radical (unpaired) electrons. The number of hydrogen-bond donors (Lipinski definition) is 1. The van der Waals surface area contributed by atoms with Crippen molar-refractivity contribution < 1.29 is 8.42 Å². The van der Waals surface area contributed by atoms with Gasteiger partial charge >= 0.3 is 0 Å². The molecule has 0 spiro atoms. The summed E-state index contributed by atoms with van der Waals surface area (Å²) in [7, 11) is -3.18. The molecule has 0 aromatic carbocycles. The molecule has 1 heterocycles. The van der Waals surface area contributed by atoms with Gasteiger partial charge in [0.05, 0.1) is 16.3 Å². The Morgan fingerprint density at radius 3 is 2.31 bits per heavy atom. The lowest BCUT2D eigenvalue weighted by molar-refractivity contribution is 0.234. The summed E-state index contributed by atoms with van der Waals surface area (Å²) >= 11 is 5.08. The Bertz CT molecular complexity index is 361. The molecule has 0 aromatic rings.